The maximum absolute atomic E-state index is 12.2. The number of amides is 1. The zero-order chi connectivity index (χ0) is 11.5. The highest BCUT2D eigenvalue weighted by atomic mass is 16.2. The van der Waals surface area contributed by atoms with Crippen molar-refractivity contribution in [2.75, 3.05) is 13.1 Å². The second-order valence-electron chi connectivity index (χ2n) is 4.73. The van der Waals surface area contributed by atoms with Crippen molar-refractivity contribution in [3.63, 3.8) is 0 Å². The van der Waals surface area contributed by atoms with E-state index in [1.807, 2.05) is 30.9 Å². The molecule has 0 radical (unpaired) electrons. The lowest BCUT2D eigenvalue weighted by Crippen LogP contribution is -2.35. The monoisotopic (exact) mass is 217 g/mol. The van der Waals surface area contributed by atoms with E-state index in [9.17, 15) is 4.79 Å². The van der Waals surface area contributed by atoms with Gasteiger partial charge < -0.3 is 4.90 Å². The van der Waals surface area contributed by atoms with Gasteiger partial charge in [-0.3, -0.25) is 4.79 Å². The van der Waals surface area contributed by atoms with Crippen molar-refractivity contribution < 1.29 is 4.79 Å². The summed E-state index contributed by atoms with van der Waals surface area (Å²) in [5.41, 5.74) is 3.18. The number of piperidine rings is 1. The number of rotatable bonds is 1. The van der Waals surface area contributed by atoms with Gasteiger partial charge in [0.1, 0.15) is 0 Å². The van der Waals surface area contributed by atoms with E-state index in [1.165, 1.54) is 17.5 Å². The van der Waals surface area contributed by atoms with Crippen LogP contribution in [0.1, 0.15) is 40.7 Å². The maximum atomic E-state index is 12.2. The summed E-state index contributed by atoms with van der Waals surface area (Å²) < 4.78 is 0. The van der Waals surface area contributed by atoms with Crippen LogP contribution >= 0.6 is 0 Å². The van der Waals surface area contributed by atoms with Crippen LogP contribution in [0.4, 0.5) is 0 Å². The van der Waals surface area contributed by atoms with Gasteiger partial charge in [-0.15, -0.1) is 0 Å². The van der Waals surface area contributed by atoms with Crippen LogP contribution in [-0.2, 0) is 0 Å². The quantitative estimate of drug-likeness (QED) is 0.708. The Kier molecular flexibility index (Phi) is 3.28. The molecular formula is C14H19NO. The molecule has 2 rings (SSSR count). The molecule has 1 aliphatic heterocycles. The summed E-state index contributed by atoms with van der Waals surface area (Å²) in [6.07, 6.45) is 3.56. The third-order valence-electron chi connectivity index (χ3n) is 3.11. The average Bonchev–Trinajstić information content (AvgIpc) is 2.28. The molecule has 1 heterocycles. The van der Waals surface area contributed by atoms with Crippen LogP contribution < -0.4 is 0 Å². The van der Waals surface area contributed by atoms with Crippen LogP contribution in [0.3, 0.4) is 0 Å². The van der Waals surface area contributed by atoms with Crippen LogP contribution in [0.25, 0.3) is 0 Å². The van der Waals surface area contributed by atoms with E-state index in [0.29, 0.717) is 0 Å². The fourth-order valence-electron chi connectivity index (χ4n) is 2.38. The van der Waals surface area contributed by atoms with Gasteiger partial charge in [-0.1, -0.05) is 17.2 Å². The van der Waals surface area contributed by atoms with E-state index in [4.69, 9.17) is 0 Å². The number of carbonyl (C=O) groups is 1. The van der Waals surface area contributed by atoms with Gasteiger partial charge in [0.15, 0.2) is 0 Å². The van der Waals surface area contributed by atoms with Crippen molar-refractivity contribution >= 4 is 5.91 Å². The van der Waals surface area contributed by atoms with Crippen molar-refractivity contribution in [3.05, 3.63) is 34.9 Å². The van der Waals surface area contributed by atoms with Gasteiger partial charge >= 0.3 is 0 Å². The average molecular weight is 217 g/mol. The molecule has 1 aromatic rings. The molecule has 0 aliphatic carbocycles. The first-order valence-electron chi connectivity index (χ1n) is 6.04. The number of likely N-dealkylation sites (tertiary alicyclic amines) is 1. The van der Waals surface area contributed by atoms with Gasteiger partial charge in [-0.2, -0.15) is 0 Å². The van der Waals surface area contributed by atoms with Gasteiger partial charge in [0.05, 0.1) is 0 Å². The zero-order valence-electron chi connectivity index (χ0n) is 10.1. The number of aryl methyl sites for hydroxylation is 2. The molecule has 16 heavy (non-hydrogen) atoms. The van der Waals surface area contributed by atoms with E-state index in [1.54, 1.807) is 0 Å². The standard InChI is InChI=1S/C14H19NO/c1-11-8-12(2)10-13(9-11)14(16)15-6-4-3-5-7-15/h8-10H,3-7H2,1-2H3. The Morgan fingerprint density at radius 2 is 1.56 bits per heavy atom. The Labute approximate surface area is 97.3 Å². The van der Waals surface area contributed by atoms with Crippen LogP contribution in [0.2, 0.25) is 0 Å². The van der Waals surface area contributed by atoms with Gasteiger partial charge in [-0.05, 0) is 45.2 Å². The van der Waals surface area contributed by atoms with E-state index in [-0.39, 0.29) is 5.91 Å². The van der Waals surface area contributed by atoms with Crippen LogP contribution in [0.15, 0.2) is 18.2 Å². The molecule has 0 unspecified atom stereocenters. The minimum absolute atomic E-state index is 0.200. The molecule has 0 N–H and O–H groups in total. The molecule has 0 saturated carbocycles. The first-order valence-corrected chi connectivity index (χ1v) is 6.04. The number of hydrogen-bond donors (Lipinski definition) is 0. The molecular weight excluding hydrogens is 198 g/mol. The van der Waals surface area contributed by atoms with Crippen molar-refractivity contribution in [3.8, 4) is 0 Å². The fraction of sp³-hybridized carbons (Fsp3) is 0.500. The summed E-state index contributed by atoms with van der Waals surface area (Å²) in [6, 6.07) is 6.08. The Morgan fingerprint density at radius 3 is 2.12 bits per heavy atom. The Hall–Kier alpha value is -1.31. The predicted molar refractivity (Wildman–Crippen MR) is 65.7 cm³/mol. The number of carbonyl (C=O) groups excluding carboxylic acids is 1. The number of hydrogen-bond acceptors (Lipinski definition) is 1. The van der Waals surface area contributed by atoms with Crippen molar-refractivity contribution in [2.24, 2.45) is 0 Å². The van der Waals surface area contributed by atoms with Crippen LogP contribution in [0.5, 0.6) is 0 Å². The summed E-state index contributed by atoms with van der Waals surface area (Å²) in [4.78, 5) is 14.2. The summed E-state index contributed by atoms with van der Waals surface area (Å²) in [5, 5.41) is 0. The number of nitrogens with zero attached hydrogens (tertiary/aromatic N) is 1. The highest BCUT2D eigenvalue weighted by molar-refractivity contribution is 5.94. The lowest BCUT2D eigenvalue weighted by Gasteiger charge is -2.27. The second-order valence-corrected chi connectivity index (χ2v) is 4.73. The highest BCUT2D eigenvalue weighted by Crippen LogP contribution is 2.15. The predicted octanol–water partition coefficient (Wildman–Crippen LogP) is 2.93. The third kappa shape index (κ3) is 2.43. The molecule has 1 fully saturated rings. The van der Waals surface area contributed by atoms with E-state index >= 15 is 0 Å². The van der Waals surface area contributed by atoms with Crippen molar-refractivity contribution in [1.29, 1.82) is 0 Å². The largest absolute Gasteiger partial charge is 0.339 e. The van der Waals surface area contributed by atoms with Crippen molar-refractivity contribution in [1.82, 2.24) is 4.90 Å². The highest BCUT2D eigenvalue weighted by Gasteiger charge is 2.18. The molecule has 1 amide bonds. The number of benzene rings is 1. The van der Waals surface area contributed by atoms with Gasteiger partial charge in [-0.25, -0.2) is 0 Å². The maximum Gasteiger partial charge on any atom is 0.253 e. The van der Waals surface area contributed by atoms with Gasteiger partial charge in [0, 0.05) is 18.7 Å². The second kappa shape index (κ2) is 4.69. The summed E-state index contributed by atoms with van der Waals surface area (Å²) in [6.45, 7) is 5.93. The summed E-state index contributed by atoms with van der Waals surface area (Å²) >= 11 is 0. The smallest absolute Gasteiger partial charge is 0.253 e. The molecule has 0 atom stereocenters. The molecule has 0 bridgehead atoms. The van der Waals surface area contributed by atoms with Crippen LogP contribution in [0, 0.1) is 13.8 Å². The zero-order valence-corrected chi connectivity index (χ0v) is 10.1. The molecule has 2 nitrogen and oxygen atoms in total. The van der Waals surface area contributed by atoms with Gasteiger partial charge in [0.25, 0.3) is 5.91 Å². The SMILES string of the molecule is Cc1cc(C)cc(C(=O)N2CCCCC2)c1. The molecule has 86 valence electrons. The van der Waals surface area contributed by atoms with Crippen LogP contribution in [-0.4, -0.2) is 23.9 Å². The normalized spacial score (nSPS) is 16.2. The third-order valence-corrected chi connectivity index (χ3v) is 3.11. The topological polar surface area (TPSA) is 20.3 Å². The Morgan fingerprint density at radius 1 is 1.00 bits per heavy atom. The van der Waals surface area contributed by atoms with Gasteiger partial charge in [0.2, 0.25) is 0 Å². The Bertz CT molecular complexity index is 371. The Balaban J connectivity index is 2.19. The molecule has 1 aliphatic rings. The minimum atomic E-state index is 0.200. The molecule has 0 aromatic heterocycles. The minimum Gasteiger partial charge on any atom is -0.339 e. The first kappa shape index (κ1) is 11.2. The molecule has 0 spiro atoms. The van der Waals surface area contributed by atoms with E-state index in [0.717, 1.165) is 31.5 Å². The first-order chi connectivity index (χ1) is 7.66. The lowest BCUT2D eigenvalue weighted by molar-refractivity contribution is 0.0724. The summed E-state index contributed by atoms with van der Waals surface area (Å²) in [5.74, 6) is 0.200. The summed E-state index contributed by atoms with van der Waals surface area (Å²) in [7, 11) is 0. The molecule has 1 saturated heterocycles. The fourth-order valence-corrected chi connectivity index (χ4v) is 2.38. The van der Waals surface area contributed by atoms with E-state index in [2.05, 4.69) is 6.07 Å². The molecule has 2 heteroatoms. The van der Waals surface area contributed by atoms with Crippen molar-refractivity contribution in [2.45, 2.75) is 33.1 Å². The lowest BCUT2D eigenvalue weighted by atomic mass is 10.0. The molecule has 1 aromatic carbocycles. The van der Waals surface area contributed by atoms with E-state index < -0.39 is 0 Å².